The van der Waals surface area contributed by atoms with Gasteiger partial charge in [-0.05, 0) is 44.8 Å². The van der Waals surface area contributed by atoms with Crippen molar-refractivity contribution in [3.8, 4) is 0 Å². The molecule has 0 atom stereocenters. The molecule has 3 heterocycles. The number of benzene rings is 1. The number of nitrogens with zero attached hydrogens (tertiary/aromatic N) is 4. The fourth-order valence-electron chi connectivity index (χ4n) is 4.18. The highest BCUT2D eigenvalue weighted by atomic mass is 19.1. The zero-order valence-electron chi connectivity index (χ0n) is 17.3. The Morgan fingerprint density at radius 2 is 1.97 bits per heavy atom. The highest BCUT2D eigenvalue weighted by Gasteiger charge is 2.27. The molecule has 1 aromatic carbocycles. The minimum absolute atomic E-state index is 0.120. The zero-order valence-corrected chi connectivity index (χ0v) is 17.3. The molecule has 0 bridgehead atoms. The lowest BCUT2D eigenvalue weighted by Crippen LogP contribution is -2.40. The van der Waals surface area contributed by atoms with Crippen molar-refractivity contribution in [2.24, 2.45) is 5.92 Å². The van der Waals surface area contributed by atoms with Crippen LogP contribution in [0.2, 0.25) is 0 Å². The first-order chi connectivity index (χ1) is 14.5. The Kier molecular flexibility index (Phi) is 6.13. The van der Waals surface area contributed by atoms with E-state index in [1.807, 2.05) is 19.1 Å². The Morgan fingerprint density at radius 1 is 1.20 bits per heavy atom. The van der Waals surface area contributed by atoms with E-state index in [1.54, 1.807) is 21.7 Å². The summed E-state index contributed by atoms with van der Waals surface area (Å²) < 4.78 is 15.6. The monoisotopic (exact) mass is 413 g/mol. The van der Waals surface area contributed by atoms with E-state index in [0.717, 1.165) is 31.5 Å². The summed E-state index contributed by atoms with van der Waals surface area (Å²) in [5.74, 6) is 0.219. The lowest BCUT2D eigenvalue weighted by molar-refractivity contribution is 0.0707. The Bertz CT molecular complexity index is 920. The van der Waals surface area contributed by atoms with Crippen LogP contribution in [0.25, 0.3) is 0 Å². The number of likely N-dealkylation sites (N-methyl/N-ethyl adjacent to an activating group) is 1. The normalized spacial score (nSPS) is 17.8. The second-order valence-corrected chi connectivity index (χ2v) is 8.05. The van der Waals surface area contributed by atoms with Crippen molar-refractivity contribution in [3.05, 3.63) is 53.4 Å². The molecule has 1 N–H and O–H groups in total. The number of aromatic nitrogens is 2. The summed E-state index contributed by atoms with van der Waals surface area (Å²) in [7, 11) is 0. The number of likely N-dealkylation sites (tertiary alicyclic amines) is 1. The van der Waals surface area contributed by atoms with Gasteiger partial charge in [0.2, 0.25) is 0 Å². The average Bonchev–Trinajstić information content (AvgIpc) is 3.20. The maximum atomic E-state index is 13.8. The Labute approximate surface area is 175 Å². The molecule has 1 aromatic heterocycles. The second-order valence-electron chi connectivity index (χ2n) is 8.05. The number of hydrogen-bond acceptors (Lipinski definition) is 4. The molecule has 1 fully saturated rings. The Balaban J connectivity index is 1.26. The van der Waals surface area contributed by atoms with E-state index in [-0.39, 0.29) is 17.6 Å². The van der Waals surface area contributed by atoms with E-state index in [2.05, 4.69) is 15.2 Å². The van der Waals surface area contributed by atoms with Crippen molar-refractivity contribution in [2.45, 2.75) is 32.9 Å². The van der Waals surface area contributed by atoms with Crippen molar-refractivity contribution < 1.29 is 14.0 Å². The standard InChI is InChI=1S/C22H28FN5O2/c1-2-27-11-12-28-15-19(25-20(28)22(27)30)21(29)24-13-16-7-9-26(10-8-16)14-17-5-3-4-6-18(17)23/h3-6,15-16H,2,7-14H2,1H3,(H,24,29). The minimum atomic E-state index is -0.235. The lowest BCUT2D eigenvalue weighted by atomic mass is 9.96. The van der Waals surface area contributed by atoms with Crippen LogP contribution in [0.3, 0.4) is 0 Å². The number of fused-ring (bicyclic) bond motifs is 1. The molecule has 7 nitrogen and oxygen atoms in total. The van der Waals surface area contributed by atoms with Gasteiger partial charge in [-0.1, -0.05) is 18.2 Å². The van der Waals surface area contributed by atoms with Crippen LogP contribution in [0.1, 0.15) is 46.4 Å². The number of imidazole rings is 1. The van der Waals surface area contributed by atoms with Crippen LogP contribution < -0.4 is 5.32 Å². The quantitative estimate of drug-likeness (QED) is 0.788. The molecule has 0 aliphatic carbocycles. The first kappa shape index (κ1) is 20.5. The second kappa shape index (κ2) is 8.95. The topological polar surface area (TPSA) is 70.5 Å². The number of nitrogens with one attached hydrogen (secondary N) is 1. The van der Waals surface area contributed by atoms with Crippen LogP contribution in [0.15, 0.2) is 30.5 Å². The van der Waals surface area contributed by atoms with Crippen molar-refractivity contribution in [2.75, 3.05) is 32.7 Å². The van der Waals surface area contributed by atoms with E-state index in [9.17, 15) is 14.0 Å². The number of rotatable bonds is 6. The third-order valence-corrected chi connectivity index (χ3v) is 6.09. The van der Waals surface area contributed by atoms with Gasteiger partial charge in [0, 0.05) is 44.5 Å². The van der Waals surface area contributed by atoms with Gasteiger partial charge in [0.05, 0.1) is 0 Å². The van der Waals surface area contributed by atoms with Gasteiger partial charge in [0.1, 0.15) is 11.5 Å². The molecular weight excluding hydrogens is 385 g/mol. The smallest absolute Gasteiger partial charge is 0.289 e. The van der Waals surface area contributed by atoms with Crippen LogP contribution >= 0.6 is 0 Å². The SMILES string of the molecule is CCN1CCn2cc(C(=O)NCC3CCN(Cc4ccccc4F)CC3)nc2C1=O. The van der Waals surface area contributed by atoms with Gasteiger partial charge >= 0.3 is 0 Å². The van der Waals surface area contributed by atoms with Gasteiger partial charge < -0.3 is 14.8 Å². The third kappa shape index (κ3) is 4.38. The van der Waals surface area contributed by atoms with E-state index in [4.69, 9.17) is 0 Å². The summed E-state index contributed by atoms with van der Waals surface area (Å²) in [6.07, 6.45) is 3.59. The van der Waals surface area contributed by atoms with Crippen molar-refractivity contribution in [1.82, 2.24) is 24.7 Å². The summed E-state index contributed by atoms with van der Waals surface area (Å²) in [5, 5.41) is 2.97. The van der Waals surface area contributed by atoms with Crippen molar-refractivity contribution in [1.29, 1.82) is 0 Å². The zero-order chi connectivity index (χ0) is 21.1. The number of piperidine rings is 1. The van der Waals surface area contributed by atoms with Gasteiger partial charge in [-0.15, -0.1) is 0 Å². The molecule has 0 saturated carbocycles. The van der Waals surface area contributed by atoms with Crippen LogP contribution in [-0.2, 0) is 13.1 Å². The van der Waals surface area contributed by atoms with Crippen LogP contribution in [0.4, 0.5) is 4.39 Å². The largest absolute Gasteiger partial charge is 0.350 e. The van der Waals surface area contributed by atoms with Gasteiger partial charge in [-0.3, -0.25) is 14.5 Å². The average molecular weight is 413 g/mol. The molecule has 2 aliphatic heterocycles. The van der Waals surface area contributed by atoms with Gasteiger partial charge in [0.25, 0.3) is 11.8 Å². The number of hydrogen-bond donors (Lipinski definition) is 1. The van der Waals surface area contributed by atoms with Crippen LogP contribution in [-0.4, -0.2) is 63.9 Å². The number of halogens is 1. The summed E-state index contributed by atoms with van der Waals surface area (Å²) in [6.45, 7) is 6.86. The predicted octanol–water partition coefficient (Wildman–Crippen LogP) is 2.14. The molecule has 0 unspecified atom stereocenters. The summed E-state index contributed by atoms with van der Waals surface area (Å²) in [6, 6.07) is 6.90. The Hall–Kier alpha value is -2.74. The van der Waals surface area contributed by atoms with E-state index < -0.39 is 0 Å². The maximum Gasteiger partial charge on any atom is 0.289 e. The van der Waals surface area contributed by atoms with Crippen molar-refractivity contribution in [3.63, 3.8) is 0 Å². The highest BCUT2D eigenvalue weighted by Crippen LogP contribution is 2.20. The molecule has 2 aliphatic rings. The molecule has 0 spiro atoms. The Morgan fingerprint density at radius 3 is 2.70 bits per heavy atom. The fraction of sp³-hybridized carbons (Fsp3) is 0.500. The summed E-state index contributed by atoms with van der Waals surface area (Å²) in [5.41, 5.74) is 1.03. The van der Waals surface area contributed by atoms with Crippen molar-refractivity contribution >= 4 is 11.8 Å². The molecule has 160 valence electrons. The first-order valence-electron chi connectivity index (χ1n) is 10.7. The first-order valence-corrected chi connectivity index (χ1v) is 10.7. The third-order valence-electron chi connectivity index (χ3n) is 6.09. The maximum absolute atomic E-state index is 13.8. The van der Waals surface area contributed by atoms with E-state index in [0.29, 0.717) is 50.2 Å². The van der Waals surface area contributed by atoms with Crippen LogP contribution in [0, 0.1) is 11.7 Å². The molecule has 8 heteroatoms. The minimum Gasteiger partial charge on any atom is -0.350 e. The van der Waals surface area contributed by atoms with E-state index >= 15 is 0 Å². The van der Waals surface area contributed by atoms with Gasteiger partial charge in [0.15, 0.2) is 5.82 Å². The van der Waals surface area contributed by atoms with Gasteiger partial charge in [-0.2, -0.15) is 0 Å². The molecule has 2 aromatic rings. The van der Waals surface area contributed by atoms with Gasteiger partial charge in [-0.25, -0.2) is 9.37 Å². The number of carbonyl (C=O) groups is 2. The number of amides is 2. The molecular formula is C22H28FN5O2. The molecule has 4 rings (SSSR count). The highest BCUT2D eigenvalue weighted by molar-refractivity contribution is 5.96. The fourth-order valence-corrected chi connectivity index (χ4v) is 4.18. The van der Waals surface area contributed by atoms with E-state index in [1.165, 1.54) is 6.07 Å². The molecule has 30 heavy (non-hydrogen) atoms. The molecule has 0 radical (unpaired) electrons. The lowest BCUT2D eigenvalue weighted by Gasteiger charge is -2.32. The van der Waals surface area contributed by atoms with Crippen LogP contribution in [0.5, 0.6) is 0 Å². The summed E-state index contributed by atoms with van der Waals surface area (Å²) >= 11 is 0. The number of carbonyl (C=O) groups excluding carboxylic acids is 2. The molecule has 1 saturated heterocycles. The predicted molar refractivity (Wildman–Crippen MR) is 111 cm³/mol. The molecule has 2 amide bonds. The summed E-state index contributed by atoms with van der Waals surface area (Å²) in [4.78, 5) is 33.2.